The summed E-state index contributed by atoms with van der Waals surface area (Å²) in [5.41, 5.74) is 0.590. The third kappa shape index (κ3) is 1.88. The minimum Gasteiger partial charge on any atom is -0.469 e. The SMILES string of the molecule is COC(=O)C1CN(c2cncc3nnnn23)CC1C. The monoisotopic (exact) mass is 262 g/mol. The maximum Gasteiger partial charge on any atom is 0.310 e. The molecule has 1 aliphatic rings. The van der Waals surface area contributed by atoms with E-state index in [9.17, 15) is 4.79 Å². The van der Waals surface area contributed by atoms with E-state index in [2.05, 4.69) is 25.4 Å². The van der Waals surface area contributed by atoms with Crippen molar-refractivity contribution in [3.8, 4) is 0 Å². The first kappa shape index (κ1) is 11.8. The number of tetrazole rings is 1. The maximum atomic E-state index is 11.7. The van der Waals surface area contributed by atoms with Crippen molar-refractivity contribution < 1.29 is 9.53 Å². The number of ether oxygens (including phenoxy) is 1. The fraction of sp³-hybridized carbons (Fsp3) is 0.545. The van der Waals surface area contributed by atoms with E-state index in [0.717, 1.165) is 12.4 Å². The number of aromatic nitrogens is 5. The molecule has 1 fully saturated rings. The molecule has 0 bridgehead atoms. The second-order valence-electron chi connectivity index (χ2n) is 4.73. The molecule has 8 heteroatoms. The molecule has 2 unspecified atom stereocenters. The van der Waals surface area contributed by atoms with Gasteiger partial charge in [0.2, 0.25) is 0 Å². The molecule has 0 radical (unpaired) electrons. The van der Waals surface area contributed by atoms with Gasteiger partial charge in [0.1, 0.15) is 0 Å². The van der Waals surface area contributed by atoms with Gasteiger partial charge in [-0.2, -0.15) is 4.52 Å². The van der Waals surface area contributed by atoms with E-state index < -0.39 is 0 Å². The average molecular weight is 262 g/mol. The van der Waals surface area contributed by atoms with Crippen LogP contribution in [-0.4, -0.2) is 51.2 Å². The first-order chi connectivity index (χ1) is 9.20. The van der Waals surface area contributed by atoms with Crippen LogP contribution < -0.4 is 4.90 Å². The Morgan fingerprint density at radius 3 is 3.05 bits per heavy atom. The topological polar surface area (TPSA) is 85.5 Å². The standard InChI is InChI=1S/C11H14N6O2/c1-7-5-16(6-8(7)11(18)19-2)10-4-12-3-9-13-14-15-17(9)10/h3-4,7-8H,5-6H2,1-2H3. The molecule has 0 amide bonds. The number of esters is 1. The summed E-state index contributed by atoms with van der Waals surface area (Å²) in [5.74, 6) is 0.712. The third-order valence-electron chi connectivity index (χ3n) is 3.53. The summed E-state index contributed by atoms with van der Waals surface area (Å²) in [5, 5.41) is 11.4. The number of fused-ring (bicyclic) bond motifs is 1. The van der Waals surface area contributed by atoms with Crippen molar-refractivity contribution in [2.75, 3.05) is 25.1 Å². The predicted octanol–water partition coefficient (Wildman–Crippen LogP) is -0.235. The number of carbonyl (C=O) groups is 1. The molecule has 2 aromatic rings. The number of hydrogen-bond acceptors (Lipinski definition) is 7. The van der Waals surface area contributed by atoms with Crippen LogP contribution in [0.5, 0.6) is 0 Å². The zero-order chi connectivity index (χ0) is 13.4. The van der Waals surface area contributed by atoms with Crippen molar-refractivity contribution in [3.05, 3.63) is 12.4 Å². The number of anilines is 1. The van der Waals surface area contributed by atoms with E-state index in [0.29, 0.717) is 12.2 Å². The molecule has 2 aromatic heterocycles. The molecule has 1 aliphatic heterocycles. The van der Waals surface area contributed by atoms with Gasteiger partial charge in [-0.3, -0.25) is 9.78 Å². The molecule has 0 N–H and O–H groups in total. The summed E-state index contributed by atoms with van der Waals surface area (Å²) >= 11 is 0. The van der Waals surface area contributed by atoms with Crippen LogP contribution in [-0.2, 0) is 9.53 Å². The van der Waals surface area contributed by atoms with Crippen molar-refractivity contribution in [2.45, 2.75) is 6.92 Å². The zero-order valence-electron chi connectivity index (χ0n) is 10.7. The van der Waals surface area contributed by atoms with E-state index in [1.807, 2.05) is 6.92 Å². The number of methoxy groups -OCH3 is 1. The second kappa shape index (κ2) is 4.45. The highest BCUT2D eigenvalue weighted by molar-refractivity contribution is 5.74. The van der Waals surface area contributed by atoms with Gasteiger partial charge in [0.05, 0.1) is 25.4 Å². The highest BCUT2D eigenvalue weighted by Gasteiger charge is 2.36. The van der Waals surface area contributed by atoms with E-state index >= 15 is 0 Å². The van der Waals surface area contributed by atoms with Crippen LogP contribution in [0.15, 0.2) is 12.4 Å². The zero-order valence-corrected chi connectivity index (χ0v) is 10.7. The van der Waals surface area contributed by atoms with Crippen LogP contribution in [0.1, 0.15) is 6.92 Å². The first-order valence-electron chi connectivity index (χ1n) is 6.05. The fourth-order valence-electron chi connectivity index (χ4n) is 2.49. The minimum absolute atomic E-state index is 0.128. The van der Waals surface area contributed by atoms with Crippen LogP contribution in [0, 0.1) is 11.8 Å². The summed E-state index contributed by atoms with van der Waals surface area (Å²) in [6, 6.07) is 0. The second-order valence-corrected chi connectivity index (χ2v) is 4.73. The summed E-state index contributed by atoms with van der Waals surface area (Å²) in [4.78, 5) is 17.9. The average Bonchev–Trinajstić information content (AvgIpc) is 3.03. The van der Waals surface area contributed by atoms with E-state index in [-0.39, 0.29) is 17.8 Å². The molecule has 3 heterocycles. The highest BCUT2D eigenvalue weighted by Crippen LogP contribution is 2.28. The Morgan fingerprint density at radius 2 is 2.26 bits per heavy atom. The molecule has 0 spiro atoms. The quantitative estimate of drug-likeness (QED) is 0.691. The highest BCUT2D eigenvalue weighted by atomic mass is 16.5. The molecule has 0 saturated carbocycles. The van der Waals surface area contributed by atoms with E-state index in [4.69, 9.17) is 4.74 Å². The molecule has 19 heavy (non-hydrogen) atoms. The Kier molecular flexibility index (Phi) is 2.77. The lowest BCUT2D eigenvalue weighted by atomic mass is 9.99. The van der Waals surface area contributed by atoms with Gasteiger partial charge in [0.15, 0.2) is 11.5 Å². The van der Waals surface area contributed by atoms with Gasteiger partial charge in [-0.1, -0.05) is 6.92 Å². The summed E-state index contributed by atoms with van der Waals surface area (Å²) < 4.78 is 6.46. The summed E-state index contributed by atoms with van der Waals surface area (Å²) in [6.45, 7) is 3.38. The normalized spacial score (nSPS) is 22.9. The molecule has 0 aliphatic carbocycles. The number of rotatable bonds is 2. The van der Waals surface area contributed by atoms with Crippen molar-refractivity contribution in [1.29, 1.82) is 0 Å². The van der Waals surface area contributed by atoms with Crippen LogP contribution in [0.2, 0.25) is 0 Å². The number of hydrogen-bond donors (Lipinski definition) is 0. The van der Waals surface area contributed by atoms with Gasteiger partial charge in [0, 0.05) is 13.1 Å². The Bertz CT molecular complexity index is 612. The molecule has 100 valence electrons. The Hall–Kier alpha value is -2.25. The molecule has 3 rings (SSSR count). The molecular weight excluding hydrogens is 248 g/mol. The van der Waals surface area contributed by atoms with Gasteiger partial charge in [-0.15, -0.1) is 5.10 Å². The van der Waals surface area contributed by atoms with Gasteiger partial charge in [-0.25, -0.2) is 0 Å². The smallest absolute Gasteiger partial charge is 0.310 e. The van der Waals surface area contributed by atoms with Gasteiger partial charge in [-0.05, 0) is 16.3 Å². The lowest BCUT2D eigenvalue weighted by Gasteiger charge is -2.17. The molecule has 1 saturated heterocycles. The third-order valence-corrected chi connectivity index (χ3v) is 3.53. The van der Waals surface area contributed by atoms with Gasteiger partial charge >= 0.3 is 5.97 Å². The molecule has 0 aromatic carbocycles. The molecule has 8 nitrogen and oxygen atoms in total. The molecular formula is C11H14N6O2. The Balaban J connectivity index is 1.92. The maximum absolute atomic E-state index is 11.7. The van der Waals surface area contributed by atoms with Gasteiger partial charge < -0.3 is 9.64 Å². The minimum atomic E-state index is -0.174. The van der Waals surface area contributed by atoms with Crippen LogP contribution >= 0.6 is 0 Å². The first-order valence-corrected chi connectivity index (χ1v) is 6.05. The van der Waals surface area contributed by atoms with Crippen molar-refractivity contribution in [1.82, 2.24) is 25.0 Å². The van der Waals surface area contributed by atoms with Gasteiger partial charge in [0.25, 0.3) is 0 Å². The number of carbonyl (C=O) groups excluding carboxylic acids is 1. The van der Waals surface area contributed by atoms with Crippen LogP contribution in [0.25, 0.3) is 5.65 Å². The summed E-state index contributed by atoms with van der Waals surface area (Å²) in [7, 11) is 1.42. The van der Waals surface area contributed by atoms with Crippen molar-refractivity contribution in [2.24, 2.45) is 11.8 Å². The fourth-order valence-corrected chi connectivity index (χ4v) is 2.49. The van der Waals surface area contributed by atoms with Crippen LogP contribution in [0.4, 0.5) is 5.82 Å². The Morgan fingerprint density at radius 1 is 1.42 bits per heavy atom. The summed E-state index contributed by atoms with van der Waals surface area (Å²) in [6.07, 6.45) is 3.30. The largest absolute Gasteiger partial charge is 0.469 e. The van der Waals surface area contributed by atoms with Crippen LogP contribution in [0.3, 0.4) is 0 Å². The predicted molar refractivity (Wildman–Crippen MR) is 65.5 cm³/mol. The lowest BCUT2D eigenvalue weighted by Crippen LogP contribution is -2.25. The number of nitrogens with zero attached hydrogens (tertiary/aromatic N) is 6. The Labute approximate surface area is 109 Å². The van der Waals surface area contributed by atoms with Crippen molar-refractivity contribution >= 4 is 17.4 Å². The van der Waals surface area contributed by atoms with E-state index in [1.54, 1.807) is 16.9 Å². The lowest BCUT2D eigenvalue weighted by molar-refractivity contribution is -0.145. The van der Waals surface area contributed by atoms with E-state index in [1.165, 1.54) is 7.11 Å². The molecule has 2 atom stereocenters. The van der Waals surface area contributed by atoms with Crippen molar-refractivity contribution in [3.63, 3.8) is 0 Å².